The summed E-state index contributed by atoms with van der Waals surface area (Å²) in [4.78, 5) is 2.54. The molecular weight excluding hydrogens is 399 g/mol. The van der Waals surface area contributed by atoms with E-state index >= 15 is 0 Å². The predicted molar refractivity (Wildman–Crippen MR) is 119 cm³/mol. The standard InChI is InChI=1S/C24H31FN2O2S/c1-2-3-12-30(28,29)26-17-19-8-9-20-16-24(27-10-5-11-27)23(22(20)15-19)14-18-6-4-7-21(25)13-18/h4,6-9,13,15,23-24,26H,2-3,5,10-12,14,16-17H2,1H3. The van der Waals surface area contributed by atoms with Crippen molar-refractivity contribution >= 4 is 10.0 Å². The number of fused-ring (bicyclic) bond motifs is 1. The fourth-order valence-electron chi connectivity index (χ4n) is 4.68. The molecule has 0 aromatic heterocycles. The summed E-state index contributed by atoms with van der Waals surface area (Å²) in [5.74, 6) is 0.286. The molecule has 1 fully saturated rings. The van der Waals surface area contributed by atoms with E-state index in [9.17, 15) is 12.8 Å². The lowest BCUT2D eigenvalue weighted by Gasteiger charge is -2.39. The maximum absolute atomic E-state index is 13.8. The van der Waals surface area contributed by atoms with Gasteiger partial charge >= 0.3 is 0 Å². The monoisotopic (exact) mass is 430 g/mol. The average molecular weight is 431 g/mol. The van der Waals surface area contributed by atoms with Crippen molar-refractivity contribution in [2.24, 2.45) is 0 Å². The Hall–Kier alpha value is -1.76. The van der Waals surface area contributed by atoms with Crippen molar-refractivity contribution < 1.29 is 12.8 Å². The van der Waals surface area contributed by atoms with Crippen molar-refractivity contribution in [3.8, 4) is 0 Å². The maximum Gasteiger partial charge on any atom is 0.211 e. The predicted octanol–water partition coefficient (Wildman–Crippen LogP) is 4.00. The second-order valence-electron chi connectivity index (χ2n) is 8.63. The van der Waals surface area contributed by atoms with Crippen molar-refractivity contribution in [1.82, 2.24) is 9.62 Å². The minimum absolute atomic E-state index is 0.174. The zero-order chi connectivity index (χ0) is 21.1. The van der Waals surface area contributed by atoms with E-state index in [-0.39, 0.29) is 11.6 Å². The Morgan fingerprint density at radius 1 is 1.13 bits per heavy atom. The van der Waals surface area contributed by atoms with Gasteiger partial charge in [-0.05, 0) is 73.2 Å². The van der Waals surface area contributed by atoms with E-state index in [1.165, 1.54) is 23.6 Å². The molecule has 2 aromatic rings. The summed E-state index contributed by atoms with van der Waals surface area (Å²) < 4.78 is 40.8. The lowest BCUT2D eigenvalue weighted by atomic mass is 9.88. The van der Waals surface area contributed by atoms with Gasteiger partial charge in [0.2, 0.25) is 10.0 Å². The Morgan fingerprint density at radius 3 is 2.67 bits per heavy atom. The molecule has 6 heteroatoms. The van der Waals surface area contributed by atoms with Gasteiger partial charge in [-0.15, -0.1) is 0 Å². The zero-order valence-corrected chi connectivity index (χ0v) is 18.4. The molecule has 1 aliphatic heterocycles. The number of halogens is 1. The maximum atomic E-state index is 13.8. The number of hydrogen-bond donors (Lipinski definition) is 1. The van der Waals surface area contributed by atoms with Gasteiger partial charge < -0.3 is 0 Å². The van der Waals surface area contributed by atoms with E-state index in [0.29, 0.717) is 24.9 Å². The van der Waals surface area contributed by atoms with Crippen LogP contribution in [0.4, 0.5) is 4.39 Å². The minimum Gasteiger partial charge on any atom is -0.299 e. The molecule has 2 aliphatic rings. The Morgan fingerprint density at radius 2 is 1.97 bits per heavy atom. The third-order valence-corrected chi connectivity index (χ3v) is 7.88. The Balaban J connectivity index is 1.54. The van der Waals surface area contributed by atoms with Gasteiger partial charge in [0.05, 0.1) is 5.75 Å². The van der Waals surface area contributed by atoms with Crippen molar-refractivity contribution in [2.75, 3.05) is 18.8 Å². The molecule has 0 spiro atoms. The summed E-state index contributed by atoms with van der Waals surface area (Å²) in [7, 11) is -3.24. The number of nitrogens with one attached hydrogen (secondary N) is 1. The molecule has 1 saturated heterocycles. The molecule has 0 bridgehead atoms. The molecular formula is C24H31FN2O2S. The topological polar surface area (TPSA) is 49.4 Å². The van der Waals surface area contributed by atoms with Gasteiger partial charge in [-0.3, -0.25) is 4.90 Å². The summed E-state index contributed by atoms with van der Waals surface area (Å²) in [5, 5.41) is 0. The van der Waals surface area contributed by atoms with Crippen LogP contribution in [0, 0.1) is 5.82 Å². The summed E-state index contributed by atoms with van der Waals surface area (Å²) in [6.45, 7) is 4.56. The first-order chi connectivity index (χ1) is 14.4. The first kappa shape index (κ1) is 21.5. The number of nitrogens with zero attached hydrogens (tertiary/aromatic N) is 1. The van der Waals surface area contributed by atoms with Gasteiger partial charge in [0.25, 0.3) is 0 Å². The number of sulfonamides is 1. The van der Waals surface area contributed by atoms with Crippen LogP contribution in [0.5, 0.6) is 0 Å². The fourth-order valence-corrected chi connectivity index (χ4v) is 5.88. The first-order valence-electron chi connectivity index (χ1n) is 11.0. The average Bonchev–Trinajstić information content (AvgIpc) is 3.01. The summed E-state index contributed by atoms with van der Waals surface area (Å²) in [6.07, 6.45) is 4.59. The van der Waals surface area contributed by atoms with Gasteiger partial charge in [0.15, 0.2) is 0 Å². The van der Waals surface area contributed by atoms with Crippen LogP contribution in [-0.4, -0.2) is 38.2 Å². The molecule has 0 radical (unpaired) electrons. The van der Waals surface area contributed by atoms with Crippen molar-refractivity contribution in [3.63, 3.8) is 0 Å². The van der Waals surface area contributed by atoms with Gasteiger partial charge in [-0.25, -0.2) is 17.5 Å². The summed E-state index contributed by atoms with van der Waals surface area (Å²) in [6, 6.07) is 13.7. The molecule has 2 unspecified atom stereocenters. The molecule has 1 heterocycles. The lowest BCUT2D eigenvalue weighted by Crippen LogP contribution is -2.47. The lowest BCUT2D eigenvalue weighted by molar-refractivity contribution is 0.106. The van der Waals surface area contributed by atoms with E-state index in [1.807, 2.05) is 19.1 Å². The highest BCUT2D eigenvalue weighted by Gasteiger charge is 2.38. The van der Waals surface area contributed by atoms with Gasteiger partial charge in [0.1, 0.15) is 5.82 Å². The second-order valence-corrected chi connectivity index (χ2v) is 10.6. The molecule has 0 saturated carbocycles. The number of benzene rings is 2. The number of hydrogen-bond acceptors (Lipinski definition) is 3. The third-order valence-electron chi connectivity index (χ3n) is 6.47. The Kier molecular flexibility index (Phi) is 6.56. The Bertz CT molecular complexity index is 988. The fraction of sp³-hybridized carbons (Fsp3) is 0.500. The largest absolute Gasteiger partial charge is 0.299 e. The molecule has 4 nitrogen and oxygen atoms in total. The summed E-state index contributed by atoms with van der Waals surface area (Å²) in [5.41, 5.74) is 4.64. The van der Waals surface area contributed by atoms with Crippen molar-refractivity contribution in [1.29, 1.82) is 0 Å². The van der Waals surface area contributed by atoms with Crippen LogP contribution in [0.1, 0.15) is 54.4 Å². The SMILES string of the molecule is CCCCS(=O)(=O)NCc1ccc2c(c1)C(Cc1cccc(F)c1)C(N1CCC1)C2. The molecule has 1 N–H and O–H groups in total. The van der Waals surface area contributed by atoms with Crippen LogP contribution in [-0.2, 0) is 29.4 Å². The molecule has 4 rings (SSSR count). The van der Waals surface area contributed by atoms with Crippen LogP contribution in [0.2, 0.25) is 0 Å². The minimum atomic E-state index is -3.24. The molecule has 162 valence electrons. The number of likely N-dealkylation sites (tertiary alicyclic amines) is 1. The smallest absolute Gasteiger partial charge is 0.211 e. The quantitative estimate of drug-likeness (QED) is 0.654. The zero-order valence-electron chi connectivity index (χ0n) is 17.6. The van der Waals surface area contributed by atoms with E-state index in [1.54, 1.807) is 12.1 Å². The highest BCUT2D eigenvalue weighted by atomic mass is 32.2. The van der Waals surface area contributed by atoms with Gasteiger partial charge in [-0.2, -0.15) is 0 Å². The van der Waals surface area contributed by atoms with Crippen molar-refractivity contribution in [2.45, 2.75) is 57.5 Å². The van der Waals surface area contributed by atoms with Crippen LogP contribution in [0.25, 0.3) is 0 Å². The van der Waals surface area contributed by atoms with E-state index in [0.717, 1.165) is 43.5 Å². The van der Waals surface area contributed by atoms with Gasteiger partial charge in [-0.1, -0.05) is 43.7 Å². The number of unbranched alkanes of at least 4 members (excludes halogenated alkanes) is 1. The van der Waals surface area contributed by atoms with Crippen LogP contribution < -0.4 is 4.72 Å². The highest BCUT2D eigenvalue weighted by molar-refractivity contribution is 7.89. The van der Waals surface area contributed by atoms with Crippen LogP contribution in [0.15, 0.2) is 42.5 Å². The van der Waals surface area contributed by atoms with Crippen molar-refractivity contribution in [3.05, 3.63) is 70.5 Å². The molecule has 2 atom stereocenters. The van der Waals surface area contributed by atoms with E-state index < -0.39 is 10.0 Å². The summed E-state index contributed by atoms with van der Waals surface area (Å²) >= 11 is 0. The van der Waals surface area contributed by atoms with Crippen LogP contribution in [0.3, 0.4) is 0 Å². The molecule has 30 heavy (non-hydrogen) atoms. The van der Waals surface area contributed by atoms with E-state index in [2.05, 4.69) is 21.8 Å². The second kappa shape index (κ2) is 9.16. The van der Waals surface area contributed by atoms with E-state index in [4.69, 9.17) is 0 Å². The molecule has 0 amide bonds. The molecule has 2 aromatic carbocycles. The highest BCUT2D eigenvalue weighted by Crippen LogP contribution is 2.40. The van der Waals surface area contributed by atoms with Crippen LogP contribution >= 0.6 is 0 Å². The normalized spacial score (nSPS) is 21.4. The first-order valence-corrected chi connectivity index (χ1v) is 12.7. The van der Waals surface area contributed by atoms with Gasteiger partial charge in [0, 0.05) is 18.5 Å². The molecule has 1 aliphatic carbocycles. The third kappa shape index (κ3) is 4.93. The Labute approximate surface area is 179 Å². The number of rotatable bonds is 9.